The summed E-state index contributed by atoms with van der Waals surface area (Å²) in [5.74, 6) is -0.814. The van der Waals surface area contributed by atoms with Crippen molar-refractivity contribution in [3.63, 3.8) is 0 Å². The third kappa shape index (κ3) is 8.61. The Kier molecular flexibility index (Phi) is 11.9. The van der Waals surface area contributed by atoms with Crippen molar-refractivity contribution in [1.29, 1.82) is 5.26 Å². The van der Waals surface area contributed by atoms with Crippen molar-refractivity contribution < 1.29 is 14.4 Å². The largest absolute Gasteiger partial charge is 0.304 e. The fourth-order valence-electron chi connectivity index (χ4n) is 5.12. The number of rotatable bonds is 14. The van der Waals surface area contributed by atoms with Gasteiger partial charge in [0.2, 0.25) is 11.8 Å². The van der Waals surface area contributed by atoms with Crippen LogP contribution in [-0.4, -0.2) is 60.6 Å². The summed E-state index contributed by atoms with van der Waals surface area (Å²) in [7, 11) is 1.86. The van der Waals surface area contributed by atoms with Gasteiger partial charge in [0.05, 0.1) is 18.0 Å². The zero-order chi connectivity index (χ0) is 28.4. The first-order chi connectivity index (χ1) is 18.8. The maximum atomic E-state index is 12.3. The minimum absolute atomic E-state index is 0.239. The number of likely N-dealkylation sites (N-methyl/N-ethyl adjacent to an activating group) is 1. The molecule has 0 saturated carbocycles. The van der Waals surface area contributed by atoms with Gasteiger partial charge < -0.3 is 4.90 Å². The van der Waals surface area contributed by atoms with Gasteiger partial charge in [0.25, 0.3) is 0 Å². The first kappa shape index (κ1) is 30.8. The van der Waals surface area contributed by atoms with Crippen LogP contribution in [0.5, 0.6) is 0 Å². The van der Waals surface area contributed by atoms with E-state index in [0.717, 1.165) is 61.9 Å². The van der Waals surface area contributed by atoms with E-state index in [1.54, 1.807) is 12.1 Å². The molecular formula is C30H36Cl2N4O3. The summed E-state index contributed by atoms with van der Waals surface area (Å²) in [6.45, 7) is 5.15. The second kappa shape index (κ2) is 15.1. The van der Waals surface area contributed by atoms with Crippen LogP contribution in [0.25, 0.3) is 0 Å². The number of aldehydes is 1. The Bertz CT molecular complexity index is 1210. The highest BCUT2D eigenvalue weighted by Crippen LogP contribution is 2.29. The van der Waals surface area contributed by atoms with Crippen LogP contribution in [0.3, 0.4) is 0 Å². The number of benzene rings is 2. The highest BCUT2D eigenvalue weighted by Gasteiger charge is 2.30. The van der Waals surface area contributed by atoms with Crippen molar-refractivity contribution in [1.82, 2.24) is 15.1 Å². The molecule has 1 heterocycles. The number of nitriles is 1. The van der Waals surface area contributed by atoms with Gasteiger partial charge in [0, 0.05) is 28.6 Å². The van der Waals surface area contributed by atoms with E-state index in [1.165, 1.54) is 0 Å². The average Bonchev–Trinajstić information content (AvgIpc) is 2.91. The van der Waals surface area contributed by atoms with Gasteiger partial charge in [-0.25, -0.2) is 0 Å². The Balaban J connectivity index is 1.55. The van der Waals surface area contributed by atoms with Crippen LogP contribution >= 0.6 is 23.2 Å². The lowest BCUT2D eigenvalue weighted by molar-refractivity contribution is -0.137. The van der Waals surface area contributed by atoms with E-state index in [0.29, 0.717) is 41.4 Å². The van der Waals surface area contributed by atoms with E-state index in [9.17, 15) is 19.6 Å². The number of nitrogens with one attached hydrogen (secondary N) is 1. The molecule has 1 fully saturated rings. The zero-order valence-corrected chi connectivity index (χ0v) is 24.1. The molecular weight excluding hydrogens is 535 g/mol. The molecule has 2 unspecified atom stereocenters. The molecule has 208 valence electrons. The highest BCUT2D eigenvalue weighted by atomic mass is 35.5. The number of hydrogen-bond donors (Lipinski definition) is 1. The summed E-state index contributed by atoms with van der Waals surface area (Å²) in [5, 5.41) is 13.2. The molecule has 39 heavy (non-hydrogen) atoms. The van der Waals surface area contributed by atoms with Gasteiger partial charge in [-0.2, -0.15) is 5.26 Å². The lowest BCUT2D eigenvalue weighted by Crippen LogP contribution is -2.51. The van der Waals surface area contributed by atoms with E-state index in [1.807, 2.05) is 36.2 Å². The number of hydrogen-bond acceptors (Lipinski definition) is 6. The normalized spacial score (nSPS) is 16.3. The monoisotopic (exact) mass is 570 g/mol. The second-order valence-corrected chi connectivity index (χ2v) is 10.9. The number of carbonyl (C=O) groups is 3. The highest BCUT2D eigenvalue weighted by molar-refractivity contribution is 6.35. The molecule has 0 aromatic heterocycles. The van der Waals surface area contributed by atoms with Gasteiger partial charge in [0.15, 0.2) is 0 Å². The molecule has 0 aliphatic carbocycles. The van der Waals surface area contributed by atoms with Crippen molar-refractivity contribution in [2.45, 2.75) is 64.0 Å². The molecule has 1 aliphatic heterocycles. The van der Waals surface area contributed by atoms with E-state index in [4.69, 9.17) is 23.2 Å². The van der Waals surface area contributed by atoms with E-state index in [2.05, 4.69) is 23.2 Å². The predicted molar refractivity (Wildman–Crippen MR) is 154 cm³/mol. The molecule has 0 radical (unpaired) electrons. The van der Waals surface area contributed by atoms with Gasteiger partial charge >= 0.3 is 0 Å². The van der Waals surface area contributed by atoms with E-state index in [-0.39, 0.29) is 17.7 Å². The molecule has 1 saturated heterocycles. The number of halogens is 2. The molecule has 2 aromatic rings. The summed E-state index contributed by atoms with van der Waals surface area (Å²) < 4.78 is 0. The maximum Gasteiger partial charge on any atom is 0.243 e. The fourth-order valence-corrected chi connectivity index (χ4v) is 5.66. The molecule has 7 nitrogen and oxygen atoms in total. The van der Waals surface area contributed by atoms with Crippen molar-refractivity contribution in [3.05, 3.63) is 68.7 Å². The minimum Gasteiger partial charge on any atom is -0.304 e. The van der Waals surface area contributed by atoms with Crippen LogP contribution in [-0.2, 0) is 22.6 Å². The van der Waals surface area contributed by atoms with Crippen LogP contribution < -0.4 is 5.32 Å². The van der Waals surface area contributed by atoms with Crippen LogP contribution in [0.15, 0.2) is 36.4 Å². The first-order valence-corrected chi connectivity index (χ1v) is 14.2. The van der Waals surface area contributed by atoms with Crippen molar-refractivity contribution in [2.75, 3.05) is 26.7 Å². The number of aryl methyl sites for hydroxylation is 1. The van der Waals surface area contributed by atoms with E-state index >= 15 is 0 Å². The molecule has 9 heteroatoms. The molecule has 1 aliphatic rings. The van der Waals surface area contributed by atoms with Gasteiger partial charge in [-0.3, -0.25) is 24.6 Å². The topological polar surface area (TPSA) is 93.5 Å². The molecule has 2 aromatic carbocycles. The van der Waals surface area contributed by atoms with Crippen LogP contribution in [0.2, 0.25) is 10.0 Å². The Morgan fingerprint density at radius 3 is 2.64 bits per heavy atom. The van der Waals surface area contributed by atoms with Crippen LogP contribution in [0.4, 0.5) is 0 Å². The SMILES string of the molecule is CCN(CCCCc1cccc(C=O)c1CN(C)C1CCC(=O)NC1=O)CCC(C#N)c1ccc(Cl)cc1Cl. The molecule has 2 amide bonds. The maximum absolute atomic E-state index is 12.3. The van der Waals surface area contributed by atoms with Crippen molar-refractivity contribution >= 4 is 41.3 Å². The molecule has 0 bridgehead atoms. The summed E-state index contributed by atoms with van der Waals surface area (Å²) in [4.78, 5) is 39.9. The number of imide groups is 1. The summed E-state index contributed by atoms with van der Waals surface area (Å²) in [6, 6.07) is 13.0. The van der Waals surface area contributed by atoms with Crippen molar-refractivity contribution in [2.24, 2.45) is 0 Å². The second-order valence-electron chi connectivity index (χ2n) is 10.0. The Hall–Kier alpha value is -2.76. The van der Waals surface area contributed by atoms with Crippen molar-refractivity contribution in [3.8, 4) is 6.07 Å². The predicted octanol–water partition coefficient (Wildman–Crippen LogP) is 5.38. The average molecular weight is 572 g/mol. The minimum atomic E-state index is -0.395. The number of nitrogens with zero attached hydrogens (tertiary/aromatic N) is 3. The third-order valence-corrected chi connectivity index (χ3v) is 7.99. The molecule has 1 N–H and O–H groups in total. The number of piperidine rings is 1. The quantitative estimate of drug-likeness (QED) is 0.186. The first-order valence-electron chi connectivity index (χ1n) is 13.4. The Morgan fingerprint density at radius 1 is 1.18 bits per heavy atom. The lowest BCUT2D eigenvalue weighted by atomic mass is 9.95. The molecule has 0 spiro atoms. The van der Waals surface area contributed by atoms with E-state index < -0.39 is 6.04 Å². The number of amides is 2. The van der Waals surface area contributed by atoms with Crippen LogP contribution in [0.1, 0.15) is 72.0 Å². The van der Waals surface area contributed by atoms with Gasteiger partial charge in [-0.15, -0.1) is 0 Å². The van der Waals surface area contributed by atoms with Gasteiger partial charge in [0.1, 0.15) is 6.29 Å². The summed E-state index contributed by atoms with van der Waals surface area (Å²) >= 11 is 12.3. The number of unbranched alkanes of at least 4 members (excludes halogenated alkanes) is 1. The number of carbonyl (C=O) groups excluding carboxylic acids is 3. The summed E-state index contributed by atoms with van der Waals surface area (Å²) in [5.41, 5.74) is 3.47. The zero-order valence-electron chi connectivity index (χ0n) is 22.6. The Labute approximate surface area is 241 Å². The standard InChI is InChI=1S/C30H36Cl2N4O3/c1-3-36(16-14-22(18-33)25-11-10-24(31)17-27(25)32)15-5-4-7-21-8-6-9-23(20-37)26(21)19-35(2)28-12-13-29(38)34-30(28)39/h6,8-11,17,20,22,28H,3-5,7,12-16,19H2,1-2H3,(H,34,38,39). The lowest BCUT2D eigenvalue weighted by Gasteiger charge is -2.30. The van der Waals surface area contributed by atoms with Gasteiger partial charge in [-0.05, 0) is 87.6 Å². The summed E-state index contributed by atoms with van der Waals surface area (Å²) in [6.07, 6.45) is 5.08. The van der Waals surface area contributed by atoms with Crippen LogP contribution in [0, 0.1) is 11.3 Å². The smallest absolute Gasteiger partial charge is 0.243 e. The Morgan fingerprint density at radius 2 is 1.97 bits per heavy atom. The third-order valence-electron chi connectivity index (χ3n) is 7.43. The fraction of sp³-hybridized carbons (Fsp3) is 0.467. The molecule has 2 atom stereocenters. The van der Waals surface area contributed by atoms with Gasteiger partial charge in [-0.1, -0.05) is 54.4 Å². The molecule has 3 rings (SSSR count).